The maximum Gasteiger partial charge on any atom is 0.472 e. The topological polar surface area (TPSA) is 151 Å². The van der Waals surface area contributed by atoms with Crippen LogP contribution in [-0.2, 0) is 18.4 Å². The van der Waals surface area contributed by atoms with Gasteiger partial charge in [0.25, 0.3) is 0 Å². The summed E-state index contributed by atoms with van der Waals surface area (Å²) in [5.74, 6) is -0.442. The minimum absolute atomic E-state index is 0.0515. The second-order valence-corrected chi connectivity index (χ2v) is 18.0. The lowest BCUT2D eigenvalue weighted by Gasteiger charge is -2.24. The molecule has 0 fully saturated rings. The molecule has 0 aliphatic heterocycles. The molecule has 56 heavy (non-hydrogen) atoms. The Morgan fingerprint density at radius 2 is 0.982 bits per heavy atom. The van der Waals surface area contributed by atoms with Crippen molar-refractivity contribution in [3.8, 4) is 0 Å². The number of amides is 1. The molecule has 0 saturated carbocycles. The van der Waals surface area contributed by atoms with Gasteiger partial charge in [0, 0.05) is 6.54 Å². The van der Waals surface area contributed by atoms with E-state index in [1.807, 2.05) is 6.08 Å². The number of nitrogens with one attached hydrogen (secondary N) is 1. The molecule has 6 N–H and O–H groups in total. The Labute approximate surface area is 346 Å². The molecule has 9 nitrogen and oxygen atoms in total. The maximum absolute atomic E-state index is 12.8. The summed E-state index contributed by atoms with van der Waals surface area (Å²) in [7, 11) is -4.39. The Kier molecular flexibility index (Phi) is 41.7. The summed E-state index contributed by atoms with van der Waals surface area (Å²) >= 11 is 0. The number of allylic oxidation sites excluding steroid dienone is 1. The summed E-state index contributed by atoms with van der Waals surface area (Å²) in [6.45, 7) is 3.99. The summed E-state index contributed by atoms with van der Waals surface area (Å²) in [5, 5.41) is 24.1. The van der Waals surface area contributed by atoms with Gasteiger partial charge in [-0.2, -0.15) is 0 Å². The van der Waals surface area contributed by atoms with Crippen LogP contribution < -0.4 is 11.1 Å². The van der Waals surface area contributed by atoms with Crippen LogP contribution >= 0.6 is 7.82 Å². The Morgan fingerprint density at radius 1 is 0.607 bits per heavy atom. The van der Waals surface area contributed by atoms with Crippen molar-refractivity contribution in [3.63, 3.8) is 0 Å². The Balaban J connectivity index is 4.15. The first-order valence-electron chi connectivity index (χ1n) is 23.9. The number of unbranched alkanes of at least 4 members (excludes halogenated alkanes) is 31. The summed E-state index contributed by atoms with van der Waals surface area (Å²) in [5.41, 5.74) is 5.37. The number of carbonyl (C=O) groups excluding carboxylic acids is 1. The molecule has 4 atom stereocenters. The van der Waals surface area contributed by atoms with Gasteiger partial charge in [0.1, 0.15) is 0 Å². The van der Waals surface area contributed by atoms with Gasteiger partial charge in [0.05, 0.1) is 37.9 Å². The number of rotatable bonds is 45. The number of phosphoric ester groups is 1. The van der Waals surface area contributed by atoms with Crippen LogP contribution in [0, 0.1) is 0 Å². The molecule has 0 rings (SSSR count). The van der Waals surface area contributed by atoms with Crippen LogP contribution in [-0.4, -0.2) is 59.0 Å². The second-order valence-electron chi connectivity index (χ2n) is 16.5. The van der Waals surface area contributed by atoms with E-state index in [9.17, 15) is 24.5 Å². The van der Waals surface area contributed by atoms with E-state index in [2.05, 4.69) is 19.2 Å². The summed E-state index contributed by atoms with van der Waals surface area (Å²) in [6.07, 6.45) is 44.5. The monoisotopic (exact) mass is 817 g/mol. The number of nitrogens with two attached hydrogens (primary N) is 1. The lowest BCUT2D eigenvalue weighted by Crippen LogP contribution is -2.46. The highest BCUT2D eigenvalue weighted by molar-refractivity contribution is 7.47. The molecule has 0 aliphatic carbocycles. The lowest BCUT2D eigenvalue weighted by atomic mass is 10.0. The number of aliphatic hydroxyl groups is 2. The molecular weight excluding hydrogens is 723 g/mol. The zero-order valence-electron chi connectivity index (χ0n) is 36.8. The summed E-state index contributed by atoms with van der Waals surface area (Å²) in [6, 6.07) is -0.977. The van der Waals surface area contributed by atoms with Gasteiger partial charge in [-0.05, 0) is 19.3 Å². The molecule has 0 heterocycles. The Hall–Kier alpha value is -0.800. The second kappa shape index (κ2) is 42.3. The number of hydrogen-bond acceptors (Lipinski definition) is 7. The minimum atomic E-state index is -4.39. The fraction of sp³-hybridized carbons (Fsp3) is 0.935. The number of aliphatic hydroxyl groups excluding tert-OH is 2. The molecule has 1 amide bonds. The van der Waals surface area contributed by atoms with E-state index in [1.54, 1.807) is 6.08 Å². The van der Waals surface area contributed by atoms with Crippen molar-refractivity contribution in [1.29, 1.82) is 0 Å². The first-order valence-corrected chi connectivity index (χ1v) is 25.4. The predicted molar refractivity (Wildman–Crippen MR) is 237 cm³/mol. The highest BCUT2D eigenvalue weighted by atomic mass is 31.2. The van der Waals surface area contributed by atoms with Gasteiger partial charge >= 0.3 is 7.82 Å². The Morgan fingerprint density at radius 3 is 1.38 bits per heavy atom. The van der Waals surface area contributed by atoms with Crippen LogP contribution in [0.15, 0.2) is 12.2 Å². The molecule has 0 aromatic carbocycles. The van der Waals surface area contributed by atoms with E-state index in [0.29, 0.717) is 6.42 Å². The third-order valence-electron chi connectivity index (χ3n) is 10.9. The summed E-state index contributed by atoms with van der Waals surface area (Å²) < 4.78 is 22.1. The SMILES string of the molecule is CCCCCCCCCCCCC/C=C/C(O)C(COP(=O)(O)OCCN)NC(=O)CC(O)CCCCCCCCCCCCCCCCCCCCCCC. The van der Waals surface area contributed by atoms with E-state index in [1.165, 1.54) is 173 Å². The average molecular weight is 817 g/mol. The average Bonchev–Trinajstić information content (AvgIpc) is 3.17. The molecule has 0 aromatic rings. The van der Waals surface area contributed by atoms with Crippen molar-refractivity contribution in [2.75, 3.05) is 19.8 Å². The van der Waals surface area contributed by atoms with Crippen molar-refractivity contribution >= 4 is 13.7 Å². The van der Waals surface area contributed by atoms with Crippen LogP contribution in [0.25, 0.3) is 0 Å². The zero-order chi connectivity index (χ0) is 41.2. The van der Waals surface area contributed by atoms with Crippen LogP contribution in [0.3, 0.4) is 0 Å². The predicted octanol–water partition coefficient (Wildman–Crippen LogP) is 12.5. The van der Waals surface area contributed by atoms with Gasteiger partial charge < -0.3 is 26.2 Å². The van der Waals surface area contributed by atoms with Gasteiger partial charge in [-0.1, -0.05) is 225 Å². The molecule has 0 aliphatic rings. The third-order valence-corrected chi connectivity index (χ3v) is 11.9. The molecule has 0 saturated heterocycles. The lowest BCUT2D eigenvalue weighted by molar-refractivity contribution is -0.124. The molecule has 4 unspecified atom stereocenters. The molecule has 334 valence electrons. The largest absolute Gasteiger partial charge is 0.472 e. The van der Waals surface area contributed by atoms with E-state index in [-0.39, 0.29) is 19.6 Å². The van der Waals surface area contributed by atoms with Gasteiger partial charge in [-0.25, -0.2) is 4.57 Å². The van der Waals surface area contributed by atoms with E-state index >= 15 is 0 Å². The highest BCUT2D eigenvalue weighted by Gasteiger charge is 2.27. The van der Waals surface area contributed by atoms with Gasteiger partial charge in [0.2, 0.25) is 5.91 Å². The summed E-state index contributed by atoms with van der Waals surface area (Å²) in [4.78, 5) is 22.8. The van der Waals surface area contributed by atoms with Crippen molar-refractivity contribution in [2.24, 2.45) is 5.73 Å². The normalized spacial score (nSPS) is 14.6. The van der Waals surface area contributed by atoms with Crippen molar-refractivity contribution in [1.82, 2.24) is 5.32 Å². The van der Waals surface area contributed by atoms with Crippen molar-refractivity contribution < 1.29 is 33.5 Å². The smallest absolute Gasteiger partial charge is 0.393 e. The number of hydrogen-bond donors (Lipinski definition) is 5. The van der Waals surface area contributed by atoms with Crippen LogP contribution in [0.2, 0.25) is 0 Å². The Bertz CT molecular complexity index is 909. The minimum Gasteiger partial charge on any atom is -0.393 e. The van der Waals surface area contributed by atoms with E-state index in [0.717, 1.165) is 38.5 Å². The fourth-order valence-electron chi connectivity index (χ4n) is 7.30. The van der Waals surface area contributed by atoms with Crippen LogP contribution in [0.5, 0.6) is 0 Å². The van der Waals surface area contributed by atoms with Gasteiger partial charge in [0.15, 0.2) is 0 Å². The zero-order valence-corrected chi connectivity index (χ0v) is 37.7. The maximum atomic E-state index is 12.8. The molecule has 10 heteroatoms. The van der Waals surface area contributed by atoms with Crippen LogP contribution in [0.1, 0.15) is 239 Å². The van der Waals surface area contributed by atoms with Gasteiger partial charge in [-0.3, -0.25) is 13.8 Å². The third kappa shape index (κ3) is 40.0. The highest BCUT2D eigenvalue weighted by Crippen LogP contribution is 2.43. The standard InChI is InChI=1S/C46H93N2O7P/c1-3-5-7-9-11-13-15-17-18-19-20-21-22-23-24-26-27-29-31-33-35-37-43(49)41-46(51)48-44(42-55-56(52,53)54-40-39-47)45(50)38-36-34-32-30-28-25-16-14-12-10-8-6-4-2/h36,38,43-45,49-50H,3-35,37,39-42,47H2,1-2H3,(H,48,51)(H,52,53)/b38-36+. The molecule has 0 spiro atoms. The van der Waals surface area contributed by atoms with E-state index < -0.39 is 38.6 Å². The fourth-order valence-corrected chi connectivity index (χ4v) is 8.06. The van der Waals surface area contributed by atoms with E-state index in [4.69, 9.17) is 14.8 Å². The molecule has 0 radical (unpaired) electrons. The van der Waals surface area contributed by atoms with Crippen molar-refractivity contribution in [3.05, 3.63) is 12.2 Å². The quantitative estimate of drug-likeness (QED) is 0.0231. The number of phosphoric acid groups is 1. The molecular formula is C46H93N2O7P. The van der Waals surface area contributed by atoms with Crippen molar-refractivity contribution in [2.45, 2.75) is 257 Å². The molecule has 0 aromatic heterocycles. The van der Waals surface area contributed by atoms with Crippen LogP contribution in [0.4, 0.5) is 0 Å². The van der Waals surface area contributed by atoms with Gasteiger partial charge in [-0.15, -0.1) is 0 Å². The first-order chi connectivity index (χ1) is 27.3. The molecule has 0 bridgehead atoms. The number of carbonyl (C=O) groups is 1. The first kappa shape index (κ1) is 55.2.